The van der Waals surface area contributed by atoms with Crippen LogP contribution in [0.4, 0.5) is 0 Å². The smallest absolute Gasteiger partial charge is 0.242 e. The molecule has 21 heavy (non-hydrogen) atoms. The summed E-state index contributed by atoms with van der Waals surface area (Å²) >= 11 is 12.0. The van der Waals surface area contributed by atoms with Crippen molar-refractivity contribution in [3.05, 3.63) is 39.9 Å². The summed E-state index contributed by atoms with van der Waals surface area (Å²) in [5.41, 5.74) is 5.92. The lowest BCUT2D eigenvalue weighted by Gasteiger charge is -2.14. The van der Waals surface area contributed by atoms with Gasteiger partial charge in [-0.15, -0.1) is 0 Å². The molecule has 7 nitrogen and oxygen atoms in total. The van der Waals surface area contributed by atoms with Crippen LogP contribution in [0.3, 0.4) is 0 Å². The highest BCUT2D eigenvalue weighted by Crippen LogP contribution is 2.31. The number of hydrogen-bond acceptors (Lipinski definition) is 5. The highest BCUT2D eigenvalue weighted by atomic mass is 35.5. The van der Waals surface area contributed by atoms with Crippen LogP contribution >= 0.6 is 23.2 Å². The Balaban J connectivity index is 2.36. The third-order valence-corrected chi connectivity index (χ3v) is 5.30. The minimum Gasteiger partial charge on any atom is -0.326 e. The maximum Gasteiger partial charge on any atom is 0.242 e. The van der Waals surface area contributed by atoms with Crippen molar-refractivity contribution in [3.8, 4) is 0 Å². The minimum atomic E-state index is -3.85. The van der Waals surface area contributed by atoms with Crippen molar-refractivity contribution in [1.29, 1.82) is 0 Å². The molecule has 1 atom stereocenters. The molecule has 0 radical (unpaired) electrons. The monoisotopic (exact) mass is 349 g/mol. The van der Waals surface area contributed by atoms with Crippen molar-refractivity contribution in [3.63, 3.8) is 0 Å². The third kappa shape index (κ3) is 3.35. The van der Waals surface area contributed by atoms with E-state index in [0.717, 1.165) is 0 Å². The second kappa shape index (κ2) is 6.29. The largest absolute Gasteiger partial charge is 0.326 e. The quantitative estimate of drug-likeness (QED) is 0.758. The molecule has 0 fully saturated rings. The van der Waals surface area contributed by atoms with Gasteiger partial charge in [-0.3, -0.25) is 5.10 Å². The number of nitrogens with one attached hydrogen (secondary N) is 2. The number of aromatic amines is 1. The van der Waals surface area contributed by atoms with Crippen LogP contribution in [-0.2, 0) is 16.6 Å². The summed E-state index contributed by atoms with van der Waals surface area (Å²) < 4.78 is 27.2. The summed E-state index contributed by atoms with van der Waals surface area (Å²) in [7, 11) is -3.85. The number of sulfonamides is 1. The molecule has 1 aromatic heterocycles. The summed E-state index contributed by atoms with van der Waals surface area (Å²) in [4.78, 5) is 3.81. The lowest BCUT2D eigenvalue weighted by molar-refractivity contribution is 0.560. The topological polar surface area (TPSA) is 114 Å². The predicted octanol–water partition coefficient (Wildman–Crippen LogP) is 1.61. The number of H-pyrrole nitrogens is 1. The van der Waals surface area contributed by atoms with Crippen molar-refractivity contribution in [1.82, 2.24) is 19.9 Å². The molecule has 1 unspecified atom stereocenters. The molecular formula is C11H13Cl2N5O2S. The van der Waals surface area contributed by atoms with Gasteiger partial charge in [0.1, 0.15) is 17.0 Å². The minimum absolute atomic E-state index is 0.0160. The fourth-order valence-electron chi connectivity index (χ4n) is 1.75. The van der Waals surface area contributed by atoms with Gasteiger partial charge < -0.3 is 5.73 Å². The van der Waals surface area contributed by atoms with E-state index >= 15 is 0 Å². The highest BCUT2D eigenvalue weighted by molar-refractivity contribution is 7.89. The van der Waals surface area contributed by atoms with E-state index in [1.54, 1.807) is 6.92 Å². The Kier molecular flexibility index (Phi) is 4.84. The molecule has 0 bridgehead atoms. The van der Waals surface area contributed by atoms with E-state index in [1.807, 2.05) is 0 Å². The van der Waals surface area contributed by atoms with Crippen molar-refractivity contribution < 1.29 is 8.42 Å². The fraction of sp³-hybridized carbons (Fsp3) is 0.273. The summed E-state index contributed by atoms with van der Waals surface area (Å²) in [5, 5.41) is 6.61. The van der Waals surface area contributed by atoms with E-state index in [0.29, 0.717) is 16.4 Å². The Morgan fingerprint density at radius 3 is 2.71 bits per heavy atom. The maximum absolute atomic E-state index is 12.4. The van der Waals surface area contributed by atoms with Crippen molar-refractivity contribution in [2.45, 2.75) is 24.4 Å². The first-order chi connectivity index (χ1) is 9.86. The summed E-state index contributed by atoms with van der Waals surface area (Å²) in [5.74, 6) is 0.391. The van der Waals surface area contributed by atoms with Crippen molar-refractivity contribution in [2.75, 3.05) is 0 Å². The van der Waals surface area contributed by atoms with Crippen molar-refractivity contribution in [2.24, 2.45) is 5.73 Å². The Labute approximate surface area is 131 Å². The Morgan fingerprint density at radius 1 is 1.43 bits per heavy atom. The normalized spacial score (nSPS) is 13.3. The third-order valence-electron chi connectivity index (χ3n) is 2.82. The van der Waals surface area contributed by atoms with Crippen LogP contribution in [0.1, 0.15) is 24.4 Å². The molecular weight excluding hydrogens is 337 g/mol. The number of halogens is 2. The number of hydrogen-bond donors (Lipinski definition) is 3. The average molecular weight is 350 g/mol. The number of benzene rings is 1. The van der Waals surface area contributed by atoms with E-state index in [4.69, 9.17) is 28.9 Å². The molecule has 10 heteroatoms. The second-order valence-corrected chi connectivity index (χ2v) is 6.72. The number of rotatable bonds is 5. The second-order valence-electron chi connectivity index (χ2n) is 4.26. The molecule has 0 aliphatic carbocycles. The van der Waals surface area contributed by atoms with Crippen LogP contribution in [-0.4, -0.2) is 23.6 Å². The molecule has 1 aromatic carbocycles. The van der Waals surface area contributed by atoms with E-state index in [1.165, 1.54) is 18.5 Å². The van der Waals surface area contributed by atoms with Gasteiger partial charge in [-0.25, -0.2) is 18.1 Å². The zero-order valence-corrected chi connectivity index (χ0v) is 13.3. The SMILES string of the molecule is CC(NS(=O)(=O)c1ccc(Cl)c(CN)c1Cl)c1ncn[nH]1. The molecule has 0 saturated carbocycles. The van der Waals surface area contributed by atoms with E-state index in [9.17, 15) is 8.42 Å². The predicted molar refractivity (Wildman–Crippen MR) is 79.5 cm³/mol. The molecule has 4 N–H and O–H groups in total. The molecule has 114 valence electrons. The van der Waals surface area contributed by atoms with E-state index in [-0.39, 0.29) is 16.5 Å². The summed E-state index contributed by atoms with van der Waals surface area (Å²) in [6.07, 6.45) is 1.29. The first kappa shape index (κ1) is 16.2. The molecule has 2 aromatic rings. The average Bonchev–Trinajstić information content (AvgIpc) is 2.92. The van der Waals surface area contributed by atoms with Gasteiger partial charge in [-0.2, -0.15) is 5.10 Å². The van der Waals surface area contributed by atoms with Gasteiger partial charge in [-0.05, 0) is 19.1 Å². The first-order valence-corrected chi connectivity index (χ1v) is 8.15. The number of aromatic nitrogens is 3. The van der Waals surface area contributed by atoms with Gasteiger partial charge in [-0.1, -0.05) is 23.2 Å². The van der Waals surface area contributed by atoms with Crippen molar-refractivity contribution >= 4 is 33.2 Å². The Hall–Kier alpha value is -1.19. The summed E-state index contributed by atoms with van der Waals surface area (Å²) in [6, 6.07) is 2.19. The molecule has 0 amide bonds. The molecule has 0 spiro atoms. The van der Waals surface area contributed by atoms with Crippen LogP contribution in [0.2, 0.25) is 10.0 Å². The van der Waals surface area contributed by atoms with E-state index in [2.05, 4.69) is 19.9 Å². The zero-order valence-electron chi connectivity index (χ0n) is 11.0. The highest BCUT2D eigenvalue weighted by Gasteiger charge is 2.24. The number of nitrogens with two attached hydrogens (primary N) is 1. The molecule has 0 aliphatic rings. The Bertz CT molecular complexity index is 733. The lowest BCUT2D eigenvalue weighted by Crippen LogP contribution is -2.28. The van der Waals surface area contributed by atoms with Crippen LogP contribution in [0.25, 0.3) is 0 Å². The van der Waals surface area contributed by atoms with Gasteiger partial charge in [0.25, 0.3) is 0 Å². The van der Waals surface area contributed by atoms with Gasteiger partial charge in [0.05, 0.1) is 11.1 Å². The molecule has 0 aliphatic heterocycles. The van der Waals surface area contributed by atoms with Crippen LogP contribution < -0.4 is 10.5 Å². The number of nitrogens with zero attached hydrogens (tertiary/aromatic N) is 2. The maximum atomic E-state index is 12.4. The molecule has 1 heterocycles. The molecule has 2 rings (SSSR count). The fourth-order valence-corrected chi connectivity index (χ4v) is 3.89. The Morgan fingerprint density at radius 2 is 2.14 bits per heavy atom. The van der Waals surface area contributed by atoms with Crippen LogP contribution in [0.5, 0.6) is 0 Å². The molecule has 0 saturated heterocycles. The standard InChI is InChI=1S/C11H13Cl2N5O2S/c1-6(11-15-5-16-17-11)18-21(19,20)9-3-2-8(12)7(4-14)10(9)13/h2-3,5-6,18H,4,14H2,1H3,(H,15,16,17). The van der Waals surface area contributed by atoms with Gasteiger partial charge in [0.2, 0.25) is 10.0 Å². The van der Waals surface area contributed by atoms with Crippen LogP contribution in [0, 0.1) is 0 Å². The lowest BCUT2D eigenvalue weighted by atomic mass is 10.2. The first-order valence-electron chi connectivity index (χ1n) is 5.91. The zero-order chi connectivity index (χ0) is 15.6. The van der Waals surface area contributed by atoms with Gasteiger partial charge in [0, 0.05) is 17.1 Å². The van der Waals surface area contributed by atoms with Gasteiger partial charge in [0.15, 0.2) is 0 Å². The van der Waals surface area contributed by atoms with Crippen LogP contribution in [0.15, 0.2) is 23.4 Å². The van der Waals surface area contributed by atoms with E-state index < -0.39 is 16.1 Å². The summed E-state index contributed by atoms with van der Waals surface area (Å²) in [6.45, 7) is 1.67. The van der Waals surface area contributed by atoms with Gasteiger partial charge >= 0.3 is 0 Å².